The van der Waals surface area contributed by atoms with Gasteiger partial charge in [-0.1, -0.05) is 36.9 Å². The average molecular weight is 336 g/mol. The van der Waals surface area contributed by atoms with Crippen LogP contribution in [0.15, 0.2) is 33.9 Å². The molecule has 1 aromatic heterocycles. The van der Waals surface area contributed by atoms with E-state index in [0.717, 1.165) is 17.7 Å². The van der Waals surface area contributed by atoms with Crippen LogP contribution < -0.4 is 4.74 Å². The Labute approximate surface area is 139 Å². The zero-order valence-electron chi connectivity index (χ0n) is 13.4. The zero-order chi connectivity index (χ0) is 16.7. The Bertz CT molecular complexity index is 645. The maximum atomic E-state index is 11.7. The largest absolute Gasteiger partial charge is 0.496 e. The van der Waals surface area contributed by atoms with E-state index >= 15 is 0 Å². The van der Waals surface area contributed by atoms with E-state index in [1.165, 1.54) is 11.8 Å². The number of aromatic nitrogens is 2. The van der Waals surface area contributed by atoms with E-state index in [1.54, 1.807) is 14.0 Å². The summed E-state index contributed by atoms with van der Waals surface area (Å²) in [6.07, 6.45) is 1.28. The quantitative estimate of drug-likeness (QED) is 0.541. The van der Waals surface area contributed by atoms with Crippen LogP contribution in [0.1, 0.15) is 31.7 Å². The lowest BCUT2D eigenvalue weighted by molar-refractivity contribution is -0.142. The van der Waals surface area contributed by atoms with Gasteiger partial charge in [-0.25, -0.2) is 0 Å². The number of hydrogen-bond acceptors (Lipinski definition) is 7. The van der Waals surface area contributed by atoms with E-state index in [9.17, 15) is 4.79 Å². The molecule has 0 aliphatic heterocycles. The molecule has 0 radical (unpaired) electrons. The number of carbonyl (C=O) groups is 1. The molecule has 0 saturated heterocycles. The van der Waals surface area contributed by atoms with E-state index in [4.69, 9.17) is 13.9 Å². The SMILES string of the molecule is CCCOC(=O)C(C)Sc1nnc(Cc2ccccc2OC)o1. The van der Waals surface area contributed by atoms with Crippen molar-refractivity contribution in [1.82, 2.24) is 10.2 Å². The molecule has 2 aromatic rings. The number of hydrogen-bond donors (Lipinski definition) is 0. The maximum Gasteiger partial charge on any atom is 0.319 e. The van der Waals surface area contributed by atoms with Gasteiger partial charge >= 0.3 is 5.97 Å². The van der Waals surface area contributed by atoms with E-state index in [2.05, 4.69) is 10.2 Å². The number of rotatable bonds is 8. The zero-order valence-corrected chi connectivity index (χ0v) is 14.3. The molecule has 0 saturated carbocycles. The smallest absolute Gasteiger partial charge is 0.319 e. The molecule has 0 amide bonds. The summed E-state index contributed by atoms with van der Waals surface area (Å²) in [5.74, 6) is 0.976. The normalized spacial score (nSPS) is 12.0. The monoisotopic (exact) mass is 336 g/mol. The van der Waals surface area contributed by atoms with Gasteiger partial charge in [0, 0.05) is 5.56 Å². The first-order valence-electron chi connectivity index (χ1n) is 7.41. The second-order valence-electron chi connectivity index (χ2n) is 4.88. The summed E-state index contributed by atoms with van der Waals surface area (Å²) >= 11 is 1.20. The first-order chi connectivity index (χ1) is 11.1. The van der Waals surface area contributed by atoms with Gasteiger partial charge in [0.25, 0.3) is 5.22 Å². The molecule has 0 fully saturated rings. The molecule has 0 aliphatic carbocycles. The van der Waals surface area contributed by atoms with Gasteiger partial charge in [-0.15, -0.1) is 10.2 Å². The predicted octanol–water partition coefficient (Wildman–Crippen LogP) is 3.10. The second kappa shape index (κ2) is 8.57. The highest BCUT2D eigenvalue weighted by molar-refractivity contribution is 8.00. The summed E-state index contributed by atoms with van der Waals surface area (Å²) in [5.41, 5.74) is 0.964. The number of carbonyl (C=O) groups excluding carboxylic acids is 1. The van der Waals surface area contributed by atoms with Gasteiger partial charge in [-0.05, 0) is 19.4 Å². The first-order valence-corrected chi connectivity index (χ1v) is 8.29. The summed E-state index contributed by atoms with van der Waals surface area (Å²) in [5, 5.41) is 7.95. The van der Waals surface area contributed by atoms with Crippen LogP contribution in [0.2, 0.25) is 0 Å². The van der Waals surface area contributed by atoms with Crippen LogP contribution in [0.3, 0.4) is 0 Å². The van der Waals surface area contributed by atoms with Crippen LogP contribution in [0.4, 0.5) is 0 Å². The molecule has 0 spiro atoms. The number of ether oxygens (including phenoxy) is 2. The fourth-order valence-corrected chi connectivity index (χ4v) is 2.59. The molecule has 1 heterocycles. The molecule has 1 unspecified atom stereocenters. The minimum absolute atomic E-state index is 0.277. The summed E-state index contributed by atoms with van der Waals surface area (Å²) in [7, 11) is 1.62. The highest BCUT2D eigenvalue weighted by Gasteiger charge is 2.19. The Balaban J connectivity index is 1.96. The van der Waals surface area contributed by atoms with Crippen molar-refractivity contribution in [3.05, 3.63) is 35.7 Å². The lowest BCUT2D eigenvalue weighted by atomic mass is 10.1. The summed E-state index contributed by atoms with van der Waals surface area (Å²) < 4.78 is 16.0. The fourth-order valence-electron chi connectivity index (χ4n) is 1.89. The Morgan fingerprint density at radius 1 is 1.35 bits per heavy atom. The summed E-state index contributed by atoms with van der Waals surface area (Å²) in [4.78, 5) is 11.7. The minimum Gasteiger partial charge on any atom is -0.496 e. The van der Waals surface area contributed by atoms with Gasteiger partial charge < -0.3 is 13.9 Å². The van der Waals surface area contributed by atoms with Crippen LogP contribution in [-0.4, -0.2) is 35.1 Å². The number of methoxy groups -OCH3 is 1. The van der Waals surface area contributed by atoms with E-state index < -0.39 is 0 Å². The van der Waals surface area contributed by atoms with Crippen LogP contribution >= 0.6 is 11.8 Å². The van der Waals surface area contributed by atoms with E-state index in [1.807, 2.05) is 31.2 Å². The molecule has 1 atom stereocenters. The van der Waals surface area contributed by atoms with Gasteiger partial charge in [-0.3, -0.25) is 4.79 Å². The number of benzene rings is 1. The lowest BCUT2D eigenvalue weighted by Gasteiger charge is -2.07. The third-order valence-corrected chi connectivity index (χ3v) is 3.95. The highest BCUT2D eigenvalue weighted by atomic mass is 32.2. The van der Waals surface area contributed by atoms with Crippen molar-refractivity contribution in [3.63, 3.8) is 0 Å². The summed E-state index contributed by atoms with van der Waals surface area (Å²) in [6.45, 7) is 4.13. The fraction of sp³-hybridized carbons (Fsp3) is 0.438. The van der Waals surface area contributed by atoms with E-state index in [-0.39, 0.29) is 11.2 Å². The van der Waals surface area contributed by atoms with Crippen molar-refractivity contribution in [2.24, 2.45) is 0 Å². The van der Waals surface area contributed by atoms with Crippen molar-refractivity contribution >= 4 is 17.7 Å². The highest BCUT2D eigenvalue weighted by Crippen LogP contribution is 2.25. The molecular formula is C16H20N2O4S. The number of thioether (sulfide) groups is 1. The number of nitrogens with zero attached hydrogens (tertiary/aromatic N) is 2. The first kappa shape index (κ1) is 17.3. The van der Waals surface area contributed by atoms with Gasteiger partial charge in [-0.2, -0.15) is 0 Å². The molecule has 2 rings (SSSR count). The standard InChI is InChI=1S/C16H20N2O4S/c1-4-9-21-15(19)11(2)23-16-18-17-14(22-16)10-12-7-5-6-8-13(12)20-3/h5-8,11H,4,9-10H2,1-3H3. The Morgan fingerprint density at radius 3 is 2.87 bits per heavy atom. The molecule has 6 nitrogen and oxygen atoms in total. The van der Waals surface area contributed by atoms with Crippen LogP contribution in [0.5, 0.6) is 5.75 Å². The minimum atomic E-state index is -0.388. The molecule has 7 heteroatoms. The van der Waals surface area contributed by atoms with Crippen LogP contribution in [0, 0.1) is 0 Å². The average Bonchev–Trinajstić information content (AvgIpc) is 3.00. The third-order valence-electron chi connectivity index (χ3n) is 3.04. The maximum absolute atomic E-state index is 11.7. The van der Waals surface area contributed by atoms with Crippen molar-refractivity contribution in [2.45, 2.75) is 37.2 Å². The number of para-hydroxylation sites is 1. The second-order valence-corrected chi connectivity index (χ2v) is 6.17. The molecule has 0 N–H and O–H groups in total. The van der Waals surface area contributed by atoms with Crippen LogP contribution in [-0.2, 0) is 16.0 Å². The third kappa shape index (κ3) is 4.99. The topological polar surface area (TPSA) is 74.5 Å². The Hall–Kier alpha value is -2.02. The molecule has 1 aromatic carbocycles. The van der Waals surface area contributed by atoms with Gasteiger partial charge in [0.05, 0.1) is 20.1 Å². The van der Waals surface area contributed by atoms with Gasteiger partial charge in [0.2, 0.25) is 5.89 Å². The molecule has 0 aliphatic rings. The van der Waals surface area contributed by atoms with Crippen molar-refractivity contribution in [3.8, 4) is 5.75 Å². The number of esters is 1. The predicted molar refractivity (Wildman–Crippen MR) is 86.7 cm³/mol. The van der Waals surface area contributed by atoms with Crippen molar-refractivity contribution in [2.75, 3.05) is 13.7 Å². The Kier molecular flexibility index (Phi) is 6.46. The lowest BCUT2D eigenvalue weighted by Crippen LogP contribution is -2.17. The van der Waals surface area contributed by atoms with Crippen molar-refractivity contribution < 1.29 is 18.7 Å². The van der Waals surface area contributed by atoms with Gasteiger partial charge in [0.1, 0.15) is 11.0 Å². The summed E-state index contributed by atoms with van der Waals surface area (Å²) in [6, 6.07) is 7.66. The molecular weight excluding hydrogens is 316 g/mol. The van der Waals surface area contributed by atoms with Gasteiger partial charge in [0.15, 0.2) is 0 Å². The van der Waals surface area contributed by atoms with Crippen molar-refractivity contribution in [1.29, 1.82) is 0 Å². The molecule has 23 heavy (non-hydrogen) atoms. The molecule has 124 valence electrons. The Morgan fingerprint density at radius 2 is 2.13 bits per heavy atom. The van der Waals surface area contributed by atoms with E-state index in [0.29, 0.717) is 24.1 Å². The molecule has 0 bridgehead atoms. The van der Waals surface area contributed by atoms with Crippen LogP contribution in [0.25, 0.3) is 0 Å².